The summed E-state index contributed by atoms with van der Waals surface area (Å²) in [4.78, 5) is 23.4. The number of aromatic nitrogens is 2. The summed E-state index contributed by atoms with van der Waals surface area (Å²) >= 11 is 0. The summed E-state index contributed by atoms with van der Waals surface area (Å²) in [6, 6.07) is 0.178. The summed E-state index contributed by atoms with van der Waals surface area (Å²) in [5, 5.41) is 12.1. The van der Waals surface area contributed by atoms with E-state index in [0.717, 1.165) is 11.0 Å². The van der Waals surface area contributed by atoms with Gasteiger partial charge in [0.15, 0.2) is 0 Å². The van der Waals surface area contributed by atoms with Gasteiger partial charge in [-0.3, -0.25) is 9.36 Å². The number of aliphatic hydroxyl groups is 1. The molecular weight excluding hydrogens is 234 g/mol. The summed E-state index contributed by atoms with van der Waals surface area (Å²) in [5.74, 6) is 0. The van der Waals surface area contributed by atoms with E-state index in [1.807, 2.05) is 6.92 Å². The Labute approximate surface area is 106 Å². The van der Waals surface area contributed by atoms with Gasteiger partial charge in [0.25, 0.3) is 5.56 Å². The molecule has 1 heterocycles. The normalized spacial score (nSPS) is 12.7. The second kappa shape index (κ2) is 6.51. The molecule has 18 heavy (non-hydrogen) atoms. The van der Waals surface area contributed by atoms with E-state index in [-0.39, 0.29) is 23.9 Å². The molecule has 0 aliphatic rings. The van der Waals surface area contributed by atoms with Gasteiger partial charge in [-0.15, -0.1) is 0 Å². The van der Waals surface area contributed by atoms with Crippen LogP contribution in [0, 0.1) is 0 Å². The van der Waals surface area contributed by atoms with Crippen LogP contribution in [0.3, 0.4) is 0 Å². The average Bonchev–Trinajstić information content (AvgIpc) is 2.37. The highest BCUT2D eigenvalue weighted by atomic mass is 16.3. The third kappa shape index (κ3) is 3.30. The van der Waals surface area contributed by atoms with E-state index >= 15 is 0 Å². The average molecular weight is 255 g/mol. The fourth-order valence-corrected chi connectivity index (χ4v) is 1.86. The Hall–Kier alpha value is -1.40. The van der Waals surface area contributed by atoms with Crippen LogP contribution in [0.5, 0.6) is 0 Å². The SMILES string of the molecule is CCC(CCO)NCc1cn(C)c(=O)n(C)c1=O. The number of aliphatic hydroxyl groups excluding tert-OH is 1. The molecular formula is C12H21N3O3. The molecule has 0 radical (unpaired) electrons. The minimum atomic E-state index is -0.328. The first kappa shape index (κ1) is 14.7. The fourth-order valence-electron chi connectivity index (χ4n) is 1.86. The Balaban J connectivity index is 2.86. The molecule has 0 aliphatic heterocycles. The molecule has 0 aromatic carbocycles. The highest BCUT2D eigenvalue weighted by Gasteiger charge is 2.09. The van der Waals surface area contributed by atoms with E-state index < -0.39 is 0 Å². The van der Waals surface area contributed by atoms with E-state index in [1.54, 1.807) is 13.2 Å². The molecule has 1 aromatic rings. The van der Waals surface area contributed by atoms with Gasteiger partial charge >= 0.3 is 5.69 Å². The van der Waals surface area contributed by atoms with Crippen LogP contribution in [-0.4, -0.2) is 26.9 Å². The van der Waals surface area contributed by atoms with Crippen molar-refractivity contribution in [3.05, 3.63) is 32.6 Å². The van der Waals surface area contributed by atoms with Gasteiger partial charge in [0.1, 0.15) is 0 Å². The number of hydrogen-bond donors (Lipinski definition) is 2. The van der Waals surface area contributed by atoms with Crippen LogP contribution in [0.15, 0.2) is 15.8 Å². The van der Waals surface area contributed by atoms with Crippen LogP contribution in [0.1, 0.15) is 25.3 Å². The van der Waals surface area contributed by atoms with Gasteiger partial charge in [0.2, 0.25) is 0 Å². The predicted octanol–water partition coefficient (Wildman–Crippen LogP) is -0.665. The molecule has 0 spiro atoms. The van der Waals surface area contributed by atoms with Gasteiger partial charge in [-0.25, -0.2) is 4.79 Å². The minimum Gasteiger partial charge on any atom is -0.396 e. The largest absolute Gasteiger partial charge is 0.396 e. The van der Waals surface area contributed by atoms with Crippen LogP contribution in [0.4, 0.5) is 0 Å². The zero-order valence-corrected chi connectivity index (χ0v) is 11.1. The number of nitrogens with one attached hydrogen (secondary N) is 1. The van der Waals surface area contributed by atoms with E-state index in [2.05, 4.69) is 5.32 Å². The van der Waals surface area contributed by atoms with Crippen LogP contribution in [0.25, 0.3) is 0 Å². The first-order valence-corrected chi connectivity index (χ1v) is 6.11. The molecule has 0 bridgehead atoms. The fraction of sp³-hybridized carbons (Fsp3) is 0.667. The van der Waals surface area contributed by atoms with Crippen molar-refractivity contribution in [1.29, 1.82) is 0 Å². The summed E-state index contributed by atoms with van der Waals surface area (Å²) < 4.78 is 2.50. The monoisotopic (exact) mass is 255 g/mol. The molecule has 6 heteroatoms. The van der Waals surface area contributed by atoms with Gasteiger partial charge in [0, 0.05) is 45.0 Å². The standard InChI is InChI=1S/C12H21N3O3/c1-4-10(5-6-16)13-7-9-8-14(2)12(18)15(3)11(9)17/h8,10,13,16H,4-7H2,1-3H3. The Kier molecular flexibility index (Phi) is 5.30. The topological polar surface area (TPSA) is 76.3 Å². The summed E-state index contributed by atoms with van der Waals surface area (Å²) in [6.45, 7) is 2.54. The zero-order chi connectivity index (χ0) is 13.7. The molecule has 0 amide bonds. The smallest absolute Gasteiger partial charge is 0.330 e. The van der Waals surface area contributed by atoms with Crippen molar-refractivity contribution in [3.63, 3.8) is 0 Å². The Morgan fingerprint density at radius 3 is 2.61 bits per heavy atom. The lowest BCUT2D eigenvalue weighted by Gasteiger charge is -2.16. The first-order valence-electron chi connectivity index (χ1n) is 6.11. The maximum absolute atomic E-state index is 11.9. The highest BCUT2D eigenvalue weighted by molar-refractivity contribution is 5.05. The molecule has 1 rings (SSSR count). The second-order valence-corrected chi connectivity index (χ2v) is 4.41. The van der Waals surface area contributed by atoms with Gasteiger partial charge in [-0.2, -0.15) is 0 Å². The lowest BCUT2D eigenvalue weighted by atomic mass is 10.1. The molecule has 1 aromatic heterocycles. The third-order valence-electron chi connectivity index (χ3n) is 3.07. The van der Waals surface area contributed by atoms with E-state index in [0.29, 0.717) is 18.5 Å². The van der Waals surface area contributed by atoms with E-state index in [9.17, 15) is 9.59 Å². The molecule has 1 atom stereocenters. The number of aryl methyl sites for hydroxylation is 1. The van der Waals surface area contributed by atoms with Crippen molar-refractivity contribution in [2.24, 2.45) is 14.1 Å². The van der Waals surface area contributed by atoms with E-state index in [4.69, 9.17) is 5.11 Å². The summed E-state index contributed by atoms with van der Waals surface area (Å²) in [6.07, 6.45) is 3.10. The Morgan fingerprint density at radius 1 is 1.39 bits per heavy atom. The van der Waals surface area contributed by atoms with Gasteiger partial charge in [0.05, 0.1) is 0 Å². The molecule has 0 saturated heterocycles. The van der Waals surface area contributed by atoms with Crippen molar-refractivity contribution in [2.45, 2.75) is 32.4 Å². The maximum atomic E-state index is 11.9. The molecule has 1 unspecified atom stereocenters. The Bertz CT molecular complexity index is 504. The summed E-state index contributed by atoms with van der Waals surface area (Å²) in [5.41, 5.74) is -0.0495. The van der Waals surface area contributed by atoms with Crippen molar-refractivity contribution >= 4 is 0 Å². The molecule has 0 saturated carbocycles. The van der Waals surface area contributed by atoms with Crippen LogP contribution >= 0.6 is 0 Å². The lowest BCUT2D eigenvalue weighted by molar-refractivity contribution is 0.262. The third-order valence-corrected chi connectivity index (χ3v) is 3.07. The van der Waals surface area contributed by atoms with Crippen LogP contribution in [-0.2, 0) is 20.6 Å². The van der Waals surface area contributed by atoms with Gasteiger partial charge in [-0.05, 0) is 12.8 Å². The number of rotatable bonds is 6. The lowest BCUT2D eigenvalue weighted by Crippen LogP contribution is -2.40. The Morgan fingerprint density at radius 2 is 2.06 bits per heavy atom. The molecule has 2 N–H and O–H groups in total. The van der Waals surface area contributed by atoms with Crippen LogP contribution < -0.4 is 16.6 Å². The molecule has 102 valence electrons. The predicted molar refractivity (Wildman–Crippen MR) is 69.5 cm³/mol. The number of nitrogens with zero attached hydrogens (tertiary/aromatic N) is 2. The minimum absolute atomic E-state index is 0.122. The van der Waals surface area contributed by atoms with Crippen molar-refractivity contribution in [1.82, 2.24) is 14.5 Å². The van der Waals surface area contributed by atoms with Crippen molar-refractivity contribution in [3.8, 4) is 0 Å². The molecule has 0 aliphatic carbocycles. The second-order valence-electron chi connectivity index (χ2n) is 4.41. The van der Waals surface area contributed by atoms with Gasteiger partial charge < -0.3 is 15.0 Å². The maximum Gasteiger partial charge on any atom is 0.330 e. The summed E-state index contributed by atoms with van der Waals surface area (Å²) in [7, 11) is 3.09. The van der Waals surface area contributed by atoms with Crippen LogP contribution in [0.2, 0.25) is 0 Å². The van der Waals surface area contributed by atoms with Crippen molar-refractivity contribution < 1.29 is 5.11 Å². The van der Waals surface area contributed by atoms with Crippen molar-refractivity contribution in [2.75, 3.05) is 6.61 Å². The molecule has 6 nitrogen and oxygen atoms in total. The van der Waals surface area contributed by atoms with Gasteiger partial charge in [-0.1, -0.05) is 6.92 Å². The first-order chi connectivity index (χ1) is 8.51. The highest BCUT2D eigenvalue weighted by Crippen LogP contribution is 1.98. The number of hydrogen-bond acceptors (Lipinski definition) is 4. The quantitative estimate of drug-likeness (QED) is 0.707. The molecule has 0 fully saturated rings. The zero-order valence-electron chi connectivity index (χ0n) is 11.1. The van der Waals surface area contributed by atoms with E-state index in [1.165, 1.54) is 11.6 Å².